The van der Waals surface area contributed by atoms with Crippen LogP contribution in [0.5, 0.6) is 5.75 Å². The van der Waals surface area contributed by atoms with Crippen LogP contribution in [-0.4, -0.2) is 22.2 Å². The largest absolute Gasteiger partial charge is 0.486 e. The summed E-state index contributed by atoms with van der Waals surface area (Å²) in [6, 6.07) is 9.59. The Morgan fingerprint density at radius 2 is 2.25 bits per heavy atom. The van der Waals surface area contributed by atoms with Gasteiger partial charge < -0.3 is 19.9 Å². The summed E-state index contributed by atoms with van der Waals surface area (Å²) in [5.74, 6) is 0.334. The topological polar surface area (TPSA) is 92.0 Å². The third-order valence-electron chi connectivity index (χ3n) is 4.84. The first kappa shape index (κ1) is 18.1. The van der Waals surface area contributed by atoms with Crippen molar-refractivity contribution in [2.75, 3.05) is 17.2 Å². The van der Waals surface area contributed by atoms with E-state index in [9.17, 15) is 10.1 Å². The molecule has 1 atom stereocenters. The molecule has 0 spiro atoms. The number of ether oxygens (including phenoxy) is 1. The van der Waals surface area contributed by atoms with Crippen molar-refractivity contribution in [3.05, 3.63) is 51.5 Å². The molecule has 2 N–H and O–H groups in total. The van der Waals surface area contributed by atoms with Crippen molar-refractivity contribution in [2.24, 2.45) is 7.05 Å². The predicted molar refractivity (Wildman–Crippen MR) is 110 cm³/mol. The van der Waals surface area contributed by atoms with Gasteiger partial charge in [0.2, 0.25) is 5.75 Å². The number of hydrogen-bond donors (Lipinski definition) is 2. The summed E-state index contributed by atoms with van der Waals surface area (Å²) in [4.78, 5) is 16.6. The average Bonchev–Trinajstić information content (AvgIpc) is 2.88. The molecule has 7 nitrogen and oxygen atoms in total. The molecule has 0 unspecified atom stereocenters. The lowest BCUT2D eigenvalue weighted by molar-refractivity contribution is 0.309. The van der Waals surface area contributed by atoms with Crippen molar-refractivity contribution in [2.45, 2.75) is 19.4 Å². The maximum atomic E-state index is 12.7. The average molecular weight is 396 g/mol. The molecule has 1 aliphatic rings. The van der Waals surface area contributed by atoms with E-state index >= 15 is 0 Å². The number of benzene rings is 1. The fourth-order valence-electron chi connectivity index (χ4n) is 3.33. The van der Waals surface area contributed by atoms with Gasteiger partial charge in [-0.05, 0) is 31.2 Å². The standard InChI is InChI=1S/C20H18ClN5O2/c1-11-6-8-28-18-17(24-11)13-9-12(3-4-16(13)26(2)20(18)27)25-15-5-7-23-19(21)14(15)10-22/h3-5,7,9,11,24H,6,8H2,1-2H3,(H,23,25)/t11-/m0/s1. The van der Waals surface area contributed by atoms with Crippen LogP contribution in [0.25, 0.3) is 10.9 Å². The van der Waals surface area contributed by atoms with Gasteiger partial charge in [-0.2, -0.15) is 5.26 Å². The molecule has 0 bridgehead atoms. The van der Waals surface area contributed by atoms with Gasteiger partial charge in [-0.3, -0.25) is 4.79 Å². The monoisotopic (exact) mass is 395 g/mol. The van der Waals surface area contributed by atoms with Crippen LogP contribution >= 0.6 is 11.6 Å². The highest BCUT2D eigenvalue weighted by Gasteiger charge is 2.21. The van der Waals surface area contributed by atoms with Gasteiger partial charge in [0.25, 0.3) is 5.56 Å². The molecular formula is C20H18ClN5O2. The summed E-state index contributed by atoms with van der Waals surface area (Å²) in [5.41, 5.74) is 2.91. The predicted octanol–water partition coefficient (Wildman–Crippen LogP) is 3.79. The Bertz CT molecular complexity index is 1180. The minimum absolute atomic E-state index is 0.147. The summed E-state index contributed by atoms with van der Waals surface area (Å²) in [6.07, 6.45) is 2.34. The van der Waals surface area contributed by atoms with Crippen molar-refractivity contribution < 1.29 is 4.74 Å². The minimum atomic E-state index is -0.169. The van der Waals surface area contributed by atoms with Gasteiger partial charge in [0.15, 0.2) is 0 Å². The zero-order valence-corrected chi connectivity index (χ0v) is 16.2. The lowest BCUT2D eigenvalue weighted by Gasteiger charge is -2.17. The van der Waals surface area contributed by atoms with Gasteiger partial charge in [0.1, 0.15) is 16.8 Å². The van der Waals surface area contributed by atoms with Crippen LogP contribution in [-0.2, 0) is 7.05 Å². The third kappa shape index (κ3) is 3.02. The van der Waals surface area contributed by atoms with Crippen molar-refractivity contribution in [3.8, 4) is 11.8 Å². The molecule has 2 aromatic heterocycles. The van der Waals surface area contributed by atoms with E-state index in [2.05, 4.69) is 28.6 Å². The molecule has 4 rings (SSSR count). The van der Waals surface area contributed by atoms with Gasteiger partial charge in [-0.25, -0.2) is 4.98 Å². The van der Waals surface area contributed by atoms with Crippen LogP contribution < -0.4 is 20.9 Å². The second kappa shape index (κ2) is 7.06. The van der Waals surface area contributed by atoms with Gasteiger partial charge in [0.05, 0.1) is 23.5 Å². The molecule has 0 radical (unpaired) electrons. The molecule has 0 saturated carbocycles. The van der Waals surface area contributed by atoms with E-state index < -0.39 is 0 Å². The zero-order chi connectivity index (χ0) is 19.8. The maximum Gasteiger partial charge on any atom is 0.295 e. The zero-order valence-electron chi connectivity index (χ0n) is 15.4. The second-order valence-corrected chi connectivity index (χ2v) is 7.10. The van der Waals surface area contributed by atoms with Crippen molar-refractivity contribution >= 4 is 39.6 Å². The lowest BCUT2D eigenvalue weighted by Crippen LogP contribution is -2.21. The Kier molecular flexibility index (Phi) is 4.57. The van der Waals surface area contributed by atoms with E-state index in [0.29, 0.717) is 23.7 Å². The summed E-state index contributed by atoms with van der Waals surface area (Å²) < 4.78 is 7.35. The summed E-state index contributed by atoms with van der Waals surface area (Å²) >= 11 is 6.02. The molecule has 0 fully saturated rings. The first-order chi connectivity index (χ1) is 13.5. The number of aromatic nitrogens is 2. The van der Waals surface area contributed by atoms with Gasteiger partial charge in [-0.15, -0.1) is 0 Å². The van der Waals surface area contributed by atoms with Crippen LogP contribution in [0, 0.1) is 11.3 Å². The van der Waals surface area contributed by atoms with E-state index in [1.807, 2.05) is 18.2 Å². The number of hydrogen-bond acceptors (Lipinski definition) is 6. The highest BCUT2D eigenvalue weighted by Crippen LogP contribution is 2.35. The highest BCUT2D eigenvalue weighted by atomic mass is 35.5. The number of anilines is 3. The third-order valence-corrected chi connectivity index (χ3v) is 5.12. The Hall–Kier alpha value is -3.24. The smallest absolute Gasteiger partial charge is 0.295 e. The van der Waals surface area contributed by atoms with Crippen LogP contribution in [0.2, 0.25) is 5.15 Å². The van der Waals surface area contributed by atoms with E-state index in [-0.39, 0.29) is 22.3 Å². The van der Waals surface area contributed by atoms with E-state index in [1.54, 1.807) is 23.9 Å². The van der Waals surface area contributed by atoms with Crippen molar-refractivity contribution in [1.29, 1.82) is 5.26 Å². The van der Waals surface area contributed by atoms with E-state index in [1.165, 1.54) is 0 Å². The van der Waals surface area contributed by atoms with Crippen molar-refractivity contribution in [1.82, 2.24) is 9.55 Å². The number of nitrogens with zero attached hydrogens (tertiary/aromatic N) is 3. The van der Waals surface area contributed by atoms with E-state index in [4.69, 9.17) is 16.3 Å². The lowest BCUT2D eigenvalue weighted by atomic mass is 10.1. The molecular weight excluding hydrogens is 378 g/mol. The second-order valence-electron chi connectivity index (χ2n) is 6.74. The molecule has 1 aliphatic heterocycles. The Morgan fingerprint density at radius 3 is 3.04 bits per heavy atom. The fraction of sp³-hybridized carbons (Fsp3) is 0.250. The molecule has 142 valence electrons. The number of nitriles is 1. The molecule has 28 heavy (non-hydrogen) atoms. The van der Waals surface area contributed by atoms with Crippen LogP contribution in [0.4, 0.5) is 17.1 Å². The highest BCUT2D eigenvalue weighted by molar-refractivity contribution is 6.31. The normalized spacial score (nSPS) is 15.7. The summed E-state index contributed by atoms with van der Waals surface area (Å²) in [7, 11) is 1.73. The van der Waals surface area contributed by atoms with Crippen molar-refractivity contribution in [3.63, 3.8) is 0 Å². The molecule has 1 aromatic carbocycles. The Morgan fingerprint density at radius 1 is 1.43 bits per heavy atom. The first-order valence-electron chi connectivity index (χ1n) is 8.87. The Labute approximate surface area is 166 Å². The van der Waals surface area contributed by atoms with Gasteiger partial charge in [-0.1, -0.05) is 11.6 Å². The SMILES string of the molecule is C[C@H]1CCOc2c(c3cc(Nc4ccnc(Cl)c4C#N)ccc3n(C)c2=O)N1. The number of halogens is 1. The van der Waals surface area contributed by atoms with Crippen LogP contribution in [0.3, 0.4) is 0 Å². The number of fused-ring (bicyclic) bond motifs is 3. The molecule has 0 aliphatic carbocycles. The summed E-state index contributed by atoms with van der Waals surface area (Å²) in [6.45, 7) is 2.54. The van der Waals surface area contributed by atoms with Crippen LogP contribution in [0.15, 0.2) is 35.3 Å². The van der Waals surface area contributed by atoms with Gasteiger partial charge in [0, 0.05) is 36.8 Å². The molecule has 3 heterocycles. The minimum Gasteiger partial charge on any atom is -0.486 e. The molecule has 8 heteroatoms. The number of aryl methyl sites for hydroxylation is 1. The fourth-order valence-corrected chi connectivity index (χ4v) is 3.53. The Balaban J connectivity index is 1.88. The number of pyridine rings is 2. The molecule has 0 amide bonds. The van der Waals surface area contributed by atoms with Gasteiger partial charge >= 0.3 is 0 Å². The molecule has 0 saturated heterocycles. The number of rotatable bonds is 2. The number of nitrogens with one attached hydrogen (secondary N) is 2. The first-order valence-corrected chi connectivity index (χ1v) is 9.25. The molecule has 3 aromatic rings. The summed E-state index contributed by atoms with van der Waals surface area (Å²) in [5, 5.41) is 17.0. The maximum absolute atomic E-state index is 12.7. The van der Waals surface area contributed by atoms with Crippen LogP contribution in [0.1, 0.15) is 18.9 Å². The quantitative estimate of drug-likeness (QED) is 0.641. The van der Waals surface area contributed by atoms with E-state index in [0.717, 1.165) is 23.0 Å².